The van der Waals surface area contributed by atoms with Crippen molar-refractivity contribution in [1.29, 1.82) is 0 Å². The third-order valence-corrected chi connectivity index (χ3v) is 0. The first-order valence-corrected chi connectivity index (χ1v) is 0. The molecule has 0 unspecified atom stereocenters. The van der Waals surface area contributed by atoms with Crippen LogP contribution in [0, 0.1) is 0 Å². The smallest absolute Gasteiger partial charge is 0 e. The Hall–Kier alpha value is 1.94. The number of rotatable bonds is 0. The summed E-state index contributed by atoms with van der Waals surface area (Å²) in [4.78, 5) is 0. The van der Waals surface area contributed by atoms with Gasteiger partial charge >= 0.3 is 0 Å². The van der Waals surface area contributed by atoms with Crippen molar-refractivity contribution >= 4 is 79.7 Å². The minimum absolute atomic E-state index is 0. The van der Waals surface area contributed by atoms with Gasteiger partial charge in [-0.05, 0) is 0 Å². The second kappa shape index (κ2) is 618. The van der Waals surface area contributed by atoms with Gasteiger partial charge in [-0.25, -0.2) is 0 Å². The Labute approximate surface area is 123 Å². The van der Waals surface area contributed by atoms with E-state index in [1.807, 2.05) is 0 Å². The van der Waals surface area contributed by atoms with Crippen molar-refractivity contribution in [3.05, 3.63) is 0 Å². The highest BCUT2D eigenvalue weighted by Crippen LogP contribution is -0.282. The van der Waals surface area contributed by atoms with Crippen LogP contribution in [0.2, 0.25) is 0 Å². The molecule has 13 heavy (non-hydrogen) atoms. The summed E-state index contributed by atoms with van der Waals surface area (Å²) in [7, 11) is 0. The van der Waals surface area contributed by atoms with Gasteiger partial charge in [0.05, 0.1) is 0 Å². The molecule has 0 rings (SSSR count). The van der Waals surface area contributed by atoms with Crippen molar-refractivity contribution in [2.24, 2.45) is 0 Å². The molecular weight excluding hydrogens is 262 g/mol. The molecule has 16 N–H and O–H groups in total. The summed E-state index contributed by atoms with van der Waals surface area (Å²) in [5.74, 6) is 0. The van der Waals surface area contributed by atoms with Crippen molar-refractivity contribution in [2.45, 2.75) is 0 Å². The maximum atomic E-state index is 0. The lowest BCUT2D eigenvalue weighted by molar-refractivity contribution is 0.823. The van der Waals surface area contributed by atoms with Gasteiger partial charge in [-0.3, -0.25) is 0 Å². The molecule has 0 aliphatic rings. The fourth-order valence-corrected chi connectivity index (χ4v) is 0. The molecule has 13 heteroatoms. The van der Waals surface area contributed by atoms with Crippen LogP contribution in [-0.2, 0) is 0 Å². The Morgan fingerprint density at radius 1 is 0.308 bits per heavy atom. The van der Waals surface area contributed by atoms with E-state index in [0.29, 0.717) is 0 Å². The summed E-state index contributed by atoms with van der Waals surface area (Å²) in [6, 6.07) is 0. The lowest BCUT2D eigenvalue weighted by Gasteiger charge is -0.413. The van der Waals surface area contributed by atoms with E-state index in [-0.39, 0.29) is 124 Å². The van der Waals surface area contributed by atoms with Crippen molar-refractivity contribution in [2.75, 3.05) is 0 Å². The van der Waals surface area contributed by atoms with Gasteiger partial charge in [-0.2, -0.15) is 0 Å². The summed E-state index contributed by atoms with van der Waals surface area (Å²) < 4.78 is 0. The normalized spacial score (nSPS) is 0. The average molecular weight is 279 g/mol. The molecule has 0 bridgehead atoms. The molecule has 0 aromatic rings. The Morgan fingerprint density at radius 3 is 0.308 bits per heavy atom. The molecule has 0 aliphatic heterocycles. The maximum absolute atomic E-state index is 0. The lowest BCUT2D eigenvalue weighted by atomic mass is 16.0. The molecule has 0 saturated heterocycles. The first-order chi connectivity index (χ1) is 0. The molecule has 8 nitrogen and oxygen atoms in total. The quantitative estimate of drug-likeness (QED) is 0.374. The van der Waals surface area contributed by atoms with E-state index in [1.54, 1.807) is 0 Å². The molecule has 0 atom stereocenters. The van der Waals surface area contributed by atoms with Gasteiger partial charge in [0.15, 0.2) is 0 Å². The number of hydrogen-bond donors (Lipinski definition) is 0. The van der Waals surface area contributed by atoms with Gasteiger partial charge in [-0.1, -0.05) is 0 Å². The Kier molecular flexibility index (Phi) is 36500. The third kappa shape index (κ3) is 526. The van der Waals surface area contributed by atoms with Gasteiger partial charge in [0, 0.05) is 79.7 Å². The fraction of sp³-hybridized carbons (Fsp3) is 0. The lowest BCUT2D eigenvalue weighted by Crippen LogP contribution is -0.382. The molecule has 16 radical (unpaired) electrons. The third-order valence-electron chi connectivity index (χ3n) is 0. The van der Waals surface area contributed by atoms with Crippen LogP contribution >= 0.6 is 0 Å². The van der Waals surface area contributed by atoms with Crippen LogP contribution < -0.4 is 0 Å². The van der Waals surface area contributed by atoms with Gasteiger partial charge in [-0.15, -0.1) is 0 Å². The summed E-state index contributed by atoms with van der Waals surface area (Å²) in [5, 5.41) is 0. The van der Waals surface area contributed by atoms with E-state index in [9.17, 15) is 0 Å². The molecule has 0 heterocycles. The van der Waals surface area contributed by atoms with Gasteiger partial charge in [0.25, 0.3) is 0 Å². The molecule has 80 valence electrons. The van der Waals surface area contributed by atoms with Crippen LogP contribution in [0.3, 0.4) is 0 Å². The highest BCUT2D eigenvalue weighted by atomic mass is 28.1. The van der Waals surface area contributed by atoms with Crippen LogP contribution in [0.15, 0.2) is 0 Å². The molecule has 0 saturated carbocycles. The largest absolute Gasteiger partial charge is 0.412 e. The zero-order chi connectivity index (χ0) is 0. The van der Waals surface area contributed by atoms with Crippen LogP contribution in [0.1, 0.15) is 0 Å². The predicted octanol–water partition coefficient (Wildman–Crippen LogP) is -8.50. The monoisotopic (exact) mass is 278 g/mol. The summed E-state index contributed by atoms with van der Waals surface area (Å²) in [5.41, 5.74) is 0. The predicted molar refractivity (Wildman–Crippen MR) is 57.7 cm³/mol. The van der Waals surface area contributed by atoms with E-state index in [4.69, 9.17) is 0 Å². The summed E-state index contributed by atoms with van der Waals surface area (Å²) >= 11 is 0. The molecular formula is H16Al2MgO8Si2. The van der Waals surface area contributed by atoms with Crippen molar-refractivity contribution in [3.8, 4) is 0 Å². The molecule has 0 amide bonds. The van der Waals surface area contributed by atoms with Gasteiger partial charge in [0.2, 0.25) is 0 Å². The topological polar surface area (TPSA) is 252 Å². The second-order valence-corrected chi connectivity index (χ2v) is 0. The van der Waals surface area contributed by atoms with E-state index in [1.165, 1.54) is 0 Å². The minimum atomic E-state index is 0. The average Bonchev–Trinajstić information content (AvgIpc) is 0. The van der Waals surface area contributed by atoms with Crippen LogP contribution in [-0.4, -0.2) is 124 Å². The summed E-state index contributed by atoms with van der Waals surface area (Å²) in [6.45, 7) is 0. The molecule has 0 spiro atoms. The highest BCUT2D eigenvalue weighted by molar-refractivity contribution is 5.76. The first kappa shape index (κ1) is 768. The first-order valence-electron chi connectivity index (χ1n) is 0. The molecule has 0 fully saturated rings. The molecule has 0 aromatic carbocycles. The van der Waals surface area contributed by atoms with E-state index < -0.39 is 0 Å². The van der Waals surface area contributed by atoms with E-state index in [0.717, 1.165) is 0 Å². The zero-order valence-electron chi connectivity index (χ0n) is 6.86. The van der Waals surface area contributed by atoms with E-state index >= 15 is 0 Å². The molecule has 0 aliphatic carbocycles. The van der Waals surface area contributed by atoms with Crippen molar-refractivity contribution in [3.63, 3.8) is 0 Å². The van der Waals surface area contributed by atoms with Crippen LogP contribution in [0.4, 0.5) is 0 Å². The van der Waals surface area contributed by atoms with Gasteiger partial charge < -0.3 is 43.8 Å². The van der Waals surface area contributed by atoms with Crippen LogP contribution in [0.5, 0.6) is 0 Å². The van der Waals surface area contributed by atoms with Gasteiger partial charge in [0.1, 0.15) is 0 Å². The molecule has 0 aromatic heterocycles. The second-order valence-electron chi connectivity index (χ2n) is 0. The van der Waals surface area contributed by atoms with Crippen LogP contribution in [0.25, 0.3) is 0 Å². The summed E-state index contributed by atoms with van der Waals surface area (Å²) in [6.07, 6.45) is 0. The zero-order valence-corrected chi connectivity index (χ0v) is 12.6. The van der Waals surface area contributed by atoms with Crippen molar-refractivity contribution < 1.29 is 43.8 Å². The van der Waals surface area contributed by atoms with Crippen molar-refractivity contribution in [1.82, 2.24) is 0 Å². The standard InChI is InChI=1S/2Al.Mg.8H2O.2Si/h;;;8*1H2;;. The van der Waals surface area contributed by atoms with E-state index in [2.05, 4.69) is 0 Å². The maximum Gasteiger partial charge on any atom is 0 e. The Morgan fingerprint density at radius 2 is 0.308 bits per heavy atom. The minimum Gasteiger partial charge on any atom is -0.412 e. The number of hydrogen-bond acceptors (Lipinski definition) is 0. The highest BCUT2D eigenvalue weighted by Gasteiger charge is 0.00410. The SMILES string of the molecule is O.O.O.O.O.O.O.O.[Al].[Al].[Mg].[Si].[Si]. The Balaban J connectivity index is 0. The fourth-order valence-electron chi connectivity index (χ4n) is 0. The Bertz CT molecular complexity index is 20.1.